The molecule has 0 spiro atoms. The lowest BCUT2D eigenvalue weighted by Gasteiger charge is -2.37. The van der Waals surface area contributed by atoms with E-state index < -0.39 is 24.3 Å². The van der Waals surface area contributed by atoms with E-state index in [1.807, 2.05) is 0 Å². The predicted octanol–water partition coefficient (Wildman–Crippen LogP) is 5.86. The summed E-state index contributed by atoms with van der Waals surface area (Å²) >= 11 is 0. The van der Waals surface area contributed by atoms with Crippen LogP contribution in [-0.2, 0) is 18.6 Å². The molecule has 0 aromatic heterocycles. The normalized spacial score (nSPS) is 24.4. The Balaban J connectivity index is 1.61. The van der Waals surface area contributed by atoms with Crippen molar-refractivity contribution in [3.63, 3.8) is 0 Å². The minimum Gasteiger partial charge on any atom is -0.399 e. The molecule has 0 bridgehead atoms. The van der Waals surface area contributed by atoms with E-state index in [1.165, 1.54) is 20.9 Å². The average molecular weight is 518 g/mol. The van der Waals surface area contributed by atoms with Gasteiger partial charge in [0.25, 0.3) is 0 Å². The molecule has 2 aromatic carbocycles. The number of benzene rings is 2. The van der Waals surface area contributed by atoms with Crippen molar-refractivity contribution in [2.45, 2.75) is 87.6 Å². The molecule has 2 fully saturated rings. The van der Waals surface area contributed by atoms with Crippen LogP contribution in [-0.4, -0.2) is 48.1 Å². The Morgan fingerprint density at radius 3 is 1.24 bits per heavy atom. The minimum absolute atomic E-state index is 0.385. The lowest BCUT2D eigenvalue weighted by atomic mass is 9.77. The van der Waals surface area contributed by atoms with Gasteiger partial charge in [0.05, 0.1) is 22.4 Å². The van der Waals surface area contributed by atoms with Crippen LogP contribution in [0.25, 0.3) is 11.1 Å². The van der Waals surface area contributed by atoms with E-state index in [-0.39, 0.29) is 22.4 Å². The summed E-state index contributed by atoms with van der Waals surface area (Å²) in [5.74, 6) is 1.75. The van der Waals surface area contributed by atoms with E-state index >= 15 is 0 Å². The summed E-state index contributed by atoms with van der Waals surface area (Å²) in [6.45, 7) is 25.1. The largest absolute Gasteiger partial charge is 0.494 e. The van der Waals surface area contributed by atoms with E-state index in [0.29, 0.717) is 0 Å². The predicted molar refractivity (Wildman–Crippen MR) is 158 cm³/mol. The van der Waals surface area contributed by atoms with Crippen LogP contribution < -0.4 is 10.9 Å². The first-order chi connectivity index (χ1) is 17.2. The van der Waals surface area contributed by atoms with Gasteiger partial charge in [-0.1, -0.05) is 36.4 Å². The first-order valence-corrected chi connectivity index (χ1v) is 15.2. The highest BCUT2D eigenvalue weighted by Crippen LogP contribution is 2.71. The minimum atomic E-state index is -1.46. The van der Waals surface area contributed by atoms with Crippen LogP contribution in [0.1, 0.15) is 55.4 Å². The lowest BCUT2D eigenvalue weighted by Crippen LogP contribution is -2.41. The molecule has 3 aliphatic heterocycles. The summed E-state index contributed by atoms with van der Waals surface area (Å²) < 4.78 is 25.7. The van der Waals surface area contributed by atoms with Gasteiger partial charge in [0, 0.05) is 21.3 Å². The molecule has 5 rings (SSSR count). The van der Waals surface area contributed by atoms with Gasteiger partial charge in [0.15, 0.2) is 0 Å². The molecule has 37 heavy (non-hydrogen) atoms. The molecule has 3 heterocycles. The summed E-state index contributed by atoms with van der Waals surface area (Å²) in [6, 6.07) is 13.4. The maximum Gasteiger partial charge on any atom is 0.494 e. The van der Waals surface area contributed by atoms with Gasteiger partial charge in [-0.3, -0.25) is 0 Å². The Labute approximate surface area is 225 Å². The Kier molecular flexibility index (Phi) is 6.25. The highest BCUT2D eigenvalue weighted by atomic mass is 32.3. The third-order valence-electron chi connectivity index (χ3n) is 9.00. The van der Waals surface area contributed by atoms with Crippen molar-refractivity contribution in [2.24, 2.45) is 0 Å². The van der Waals surface area contributed by atoms with E-state index in [9.17, 15) is 0 Å². The molecule has 0 aliphatic carbocycles. The molecule has 196 valence electrons. The fraction of sp³-hybridized carbons (Fsp3) is 0.467. The topological polar surface area (TPSA) is 36.9 Å². The van der Waals surface area contributed by atoms with Crippen LogP contribution in [0.5, 0.6) is 0 Å². The highest BCUT2D eigenvalue weighted by Gasteiger charge is 2.53. The third-order valence-corrected chi connectivity index (χ3v) is 13.0. The number of hydrogen-bond acceptors (Lipinski definition) is 4. The number of fused-ring (bicyclic) bond motifs is 3. The molecular weight excluding hydrogens is 478 g/mol. The van der Waals surface area contributed by atoms with Crippen molar-refractivity contribution in [2.75, 3.05) is 11.5 Å². The fourth-order valence-corrected chi connectivity index (χ4v) is 9.19. The van der Waals surface area contributed by atoms with Crippen LogP contribution >= 0.6 is 10.0 Å². The quantitative estimate of drug-likeness (QED) is 0.355. The second kappa shape index (κ2) is 8.62. The zero-order valence-electron chi connectivity index (χ0n) is 23.6. The lowest BCUT2D eigenvalue weighted by molar-refractivity contribution is 0.00578. The molecule has 2 saturated heterocycles. The summed E-state index contributed by atoms with van der Waals surface area (Å²) in [7, 11) is -2.26. The van der Waals surface area contributed by atoms with Crippen molar-refractivity contribution < 1.29 is 18.6 Å². The first kappa shape index (κ1) is 26.8. The molecule has 0 radical (unpaired) electrons. The Morgan fingerprint density at radius 2 is 0.946 bits per heavy atom. The zero-order chi connectivity index (χ0) is 27.0. The van der Waals surface area contributed by atoms with Crippen molar-refractivity contribution >= 4 is 35.2 Å². The first-order valence-electron chi connectivity index (χ1n) is 13.2. The second-order valence-electron chi connectivity index (χ2n) is 12.5. The van der Waals surface area contributed by atoms with Crippen LogP contribution in [0.15, 0.2) is 71.5 Å². The van der Waals surface area contributed by atoms with Gasteiger partial charge in [-0.05, 0) is 89.6 Å². The maximum atomic E-state index is 6.41. The molecule has 0 amide bonds. The van der Waals surface area contributed by atoms with Crippen LogP contribution in [0.4, 0.5) is 0 Å². The van der Waals surface area contributed by atoms with Gasteiger partial charge in [-0.15, -0.1) is 13.2 Å². The number of hydrogen-bond donors (Lipinski definition) is 0. The van der Waals surface area contributed by atoms with E-state index in [1.54, 1.807) is 0 Å². The molecule has 0 N–H and O–H groups in total. The van der Waals surface area contributed by atoms with E-state index in [4.69, 9.17) is 18.6 Å². The molecule has 0 saturated carbocycles. The van der Waals surface area contributed by atoms with Gasteiger partial charge >= 0.3 is 14.2 Å². The Hall–Kier alpha value is -1.76. The van der Waals surface area contributed by atoms with Gasteiger partial charge in [0.2, 0.25) is 0 Å². The van der Waals surface area contributed by atoms with Gasteiger partial charge in [-0.25, -0.2) is 0 Å². The fourth-order valence-electron chi connectivity index (χ4n) is 5.37. The zero-order valence-corrected chi connectivity index (χ0v) is 24.5. The van der Waals surface area contributed by atoms with Crippen molar-refractivity contribution in [1.29, 1.82) is 0 Å². The molecule has 7 heteroatoms. The SMILES string of the molecule is C=CCS1(CC=C)c2cc(B3OC(C)(C)C(C)(C)O3)ccc2-c2ccc(B3OC(C)(C)C(C)(C)O3)cc21. The molecule has 0 atom stereocenters. The van der Waals surface area contributed by atoms with E-state index in [0.717, 1.165) is 22.4 Å². The van der Waals surface area contributed by atoms with E-state index in [2.05, 4.69) is 117 Å². The molecule has 3 aliphatic rings. The smallest absolute Gasteiger partial charge is 0.399 e. The van der Waals surface area contributed by atoms with Crippen molar-refractivity contribution in [3.8, 4) is 11.1 Å². The summed E-state index contributed by atoms with van der Waals surface area (Å²) in [5.41, 5.74) is 3.12. The van der Waals surface area contributed by atoms with Gasteiger partial charge in [0.1, 0.15) is 0 Å². The third kappa shape index (κ3) is 4.01. The molecule has 4 nitrogen and oxygen atoms in total. The Morgan fingerprint density at radius 1 is 0.622 bits per heavy atom. The van der Waals surface area contributed by atoms with Crippen LogP contribution in [0.2, 0.25) is 0 Å². The number of rotatable bonds is 6. The van der Waals surface area contributed by atoms with Crippen molar-refractivity contribution in [3.05, 3.63) is 61.7 Å². The molecule has 2 aromatic rings. The Bertz CT molecular complexity index is 1140. The highest BCUT2D eigenvalue weighted by molar-refractivity contribution is 8.34. The van der Waals surface area contributed by atoms with Gasteiger partial charge < -0.3 is 18.6 Å². The van der Waals surface area contributed by atoms with Crippen LogP contribution in [0.3, 0.4) is 0 Å². The maximum absolute atomic E-state index is 6.41. The average Bonchev–Trinajstić information content (AvgIpc) is 3.29. The summed E-state index contributed by atoms with van der Waals surface area (Å²) in [6.07, 6.45) is 4.11. The summed E-state index contributed by atoms with van der Waals surface area (Å²) in [4.78, 5) is 2.70. The van der Waals surface area contributed by atoms with Crippen LogP contribution in [0, 0.1) is 0 Å². The standard InChI is InChI=1S/C30H40B2O4S/c1-11-17-37(18-12-2)25-19-21(31-33-27(3,4)28(5,6)34-31)13-15-23(25)24-16-14-22(20-26(24)37)32-35-29(7,8)30(9,10)36-32/h11-16,19-20H,1-2,17-18H2,3-10H3. The molecule has 0 unspecified atom stereocenters. The monoisotopic (exact) mass is 518 g/mol. The van der Waals surface area contributed by atoms with Gasteiger partial charge in [-0.2, -0.15) is 10.0 Å². The van der Waals surface area contributed by atoms with Crippen molar-refractivity contribution in [1.82, 2.24) is 0 Å². The summed E-state index contributed by atoms with van der Waals surface area (Å²) in [5, 5.41) is 0. The second-order valence-corrected chi connectivity index (χ2v) is 15.8. The molecular formula is C30H40B2O4S.